The van der Waals surface area contributed by atoms with Gasteiger partial charge in [0.1, 0.15) is 52.9 Å². The van der Waals surface area contributed by atoms with Gasteiger partial charge in [0.15, 0.2) is 0 Å². The molecule has 20 heteroatoms. The highest BCUT2D eigenvalue weighted by molar-refractivity contribution is 5.81. The first-order valence-corrected chi connectivity index (χ1v) is 43.2. The van der Waals surface area contributed by atoms with Crippen LogP contribution in [0.25, 0.3) is 0 Å². The summed E-state index contributed by atoms with van der Waals surface area (Å²) in [6.45, 7) is 38.5. The van der Waals surface area contributed by atoms with Crippen LogP contribution in [0.5, 0.6) is 0 Å². The topological polar surface area (TPSA) is 263 Å². The lowest BCUT2D eigenvalue weighted by atomic mass is 9.62. The third-order valence-electron chi connectivity index (χ3n) is 32.0. The lowest BCUT2D eigenvalue weighted by Crippen LogP contribution is -2.56. The van der Waals surface area contributed by atoms with Crippen LogP contribution in [0, 0.1) is 159 Å². The lowest BCUT2D eigenvalue weighted by Gasteiger charge is -2.49. The van der Waals surface area contributed by atoms with Gasteiger partial charge in [-0.15, -0.1) is 0 Å². The zero-order valence-electron chi connectivity index (χ0n) is 68.8. The normalized spacial score (nSPS) is 38.7. The van der Waals surface area contributed by atoms with Gasteiger partial charge >= 0.3 is 59.7 Å². The monoisotopic (exact) mass is 1510 g/mol. The van der Waals surface area contributed by atoms with Crippen molar-refractivity contribution >= 4 is 59.7 Å². The standard InChI is InChI=1S/C20H30O4.C20H32O4.C18H28O4.C16H24O4.C14H20O4/c1-4-19(2,3)18(22)24-20(8-6-5-7-9-20)16-12-10-13-14(11-12)23-17(21)15(13)16;1-7-12(6)18(21)24-20(10(2)3,11(4)5)17-13-8-14-15(9-13)23-19(22)16(14)17;1-5-10(4)16(19)22-18(6-2,7-3)15-11-8-12-13(9-11)21-17(20)14(12)15;1-5-8(2)14(17)20-16(3,4)13-9-6-10-11(7-9)19-15(18)12(10)13;1-3-7(2)13(15)17-6-10-8-4-9-11(5-8)18-14(16)12(9)10/h12-16H,4-11H2,1-3H3;10-17H,7-9H2,1-6H3;10-15H,5-9H2,1-4H3;8-13H,5-7H2,1-4H3;7-12H,3-6H2,1-2H3. The summed E-state index contributed by atoms with van der Waals surface area (Å²) in [7, 11) is 0. The zero-order valence-corrected chi connectivity index (χ0v) is 68.8. The second-order valence-electron chi connectivity index (χ2n) is 38.7. The van der Waals surface area contributed by atoms with Crippen molar-refractivity contribution in [2.45, 2.75) is 326 Å². The van der Waals surface area contributed by atoms with Crippen molar-refractivity contribution in [3.05, 3.63) is 0 Å². The first-order valence-electron chi connectivity index (χ1n) is 43.2. The molecule has 5 aliphatic heterocycles. The maximum Gasteiger partial charge on any atom is 0.312 e. The minimum absolute atomic E-state index is 0.00140. The highest BCUT2D eigenvalue weighted by Gasteiger charge is 2.72. The quantitative estimate of drug-likeness (QED) is 0.0642. The van der Waals surface area contributed by atoms with Crippen LogP contribution in [-0.4, -0.2) is 119 Å². The molecule has 0 aromatic rings. The molecule has 0 aromatic heterocycles. The number of esters is 10. The molecule has 0 radical (unpaired) electrons. The molecule has 5 heterocycles. The molecular weight excluding hydrogens is 1380 g/mol. The van der Waals surface area contributed by atoms with E-state index in [1.165, 1.54) is 6.42 Å². The molecule has 11 aliphatic carbocycles. The number of rotatable bonds is 24. The third kappa shape index (κ3) is 14.3. The van der Waals surface area contributed by atoms with E-state index in [0.717, 1.165) is 135 Å². The number of fused-ring (bicyclic) bond motifs is 5. The predicted octanol–water partition coefficient (Wildman–Crippen LogP) is 15.3. The van der Waals surface area contributed by atoms with Gasteiger partial charge in [0.05, 0.1) is 65.3 Å². The summed E-state index contributed by atoms with van der Waals surface area (Å²) >= 11 is 0. The Morgan fingerprint density at radius 3 is 1.23 bits per heavy atom. The SMILES string of the molecule is CCC(C)(C)C(=O)OC1(C2C3CC4OC(=O)C2C4C3)CCCCC1.CCC(C)C(=O)OC(C(C)C)(C(C)C)C1C2CC3OC(=O)C1C3C2.CCC(C)C(=O)OC(C)(C)C1C2CC3OC(=O)C1C3C2.CCC(C)C(=O)OC(CC)(CC)C1C2CC3OC(=O)C1C3C2.CCC(C)C(=O)OCC1C2CC3OC(=O)C1C3C2. The first-order chi connectivity index (χ1) is 51.0. The van der Waals surface area contributed by atoms with E-state index >= 15 is 0 Å². The smallest absolute Gasteiger partial charge is 0.312 e. The second-order valence-corrected chi connectivity index (χ2v) is 38.7. The van der Waals surface area contributed by atoms with Crippen molar-refractivity contribution in [1.82, 2.24) is 0 Å². The summed E-state index contributed by atoms with van der Waals surface area (Å²) in [5.74, 6) is 3.90. The van der Waals surface area contributed by atoms with Crippen LogP contribution < -0.4 is 0 Å². The molecule has 606 valence electrons. The number of hydrogen-bond donors (Lipinski definition) is 0. The molecule has 16 aliphatic rings. The van der Waals surface area contributed by atoms with Gasteiger partial charge in [0.2, 0.25) is 0 Å². The van der Waals surface area contributed by atoms with Crippen molar-refractivity contribution in [2.24, 2.45) is 159 Å². The van der Waals surface area contributed by atoms with Gasteiger partial charge in [0.25, 0.3) is 0 Å². The Balaban J connectivity index is 0.000000127. The molecule has 5 saturated heterocycles. The highest BCUT2D eigenvalue weighted by Crippen LogP contribution is 2.67. The fraction of sp³-hybridized carbons (Fsp3) is 0.886. The molecule has 108 heavy (non-hydrogen) atoms. The van der Waals surface area contributed by atoms with Crippen molar-refractivity contribution in [2.75, 3.05) is 6.61 Å². The molecule has 11 saturated carbocycles. The maximum atomic E-state index is 12.9. The Hall–Kier alpha value is -5.30. The van der Waals surface area contributed by atoms with E-state index in [2.05, 4.69) is 41.5 Å². The zero-order chi connectivity index (χ0) is 78.5. The molecular formula is C88H134O20. The number of carbonyl (C=O) groups excluding carboxylic acids is 10. The molecule has 0 spiro atoms. The summed E-state index contributed by atoms with van der Waals surface area (Å²) in [5, 5.41) is 0. The Bertz CT molecular complexity index is 3340. The van der Waals surface area contributed by atoms with Crippen LogP contribution in [0.4, 0.5) is 0 Å². The Labute approximate surface area is 643 Å². The summed E-state index contributed by atoms with van der Waals surface area (Å²) in [6.07, 6.45) is 21.5. The van der Waals surface area contributed by atoms with E-state index in [1.807, 2.05) is 90.0 Å². The fourth-order valence-corrected chi connectivity index (χ4v) is 25.3. The van der Waals surface area contributed by atoms with Crippen molar-refractivity contribution in [3.8, 4) is 0 Å². The average molecular weight is 1510 g/mol. The van der Waals surface area contributed by atoms with Gasteiger partial charge in [-0.3, -0.25) is 47.9 Å². The van der Waals surface area contributed by atoms with E-state index in [4.69, 9.17) is 47.4 Å². The third-order valence-corrected chi connectivity index (χ3v) is 32.0. The maximum absolute atomic E-state index is 12.9. The summed E-state index contributed by atoms with van der Waals surface area (Å²) < 4.78 is 57.5. The predicted molar refractivity (Wildman–Crippen MR) is 398 cm³/mol. The Morgan fingerprint density at radius 2 is 0.769 bits per heavy atom. The fourth-order valence-electron chi connectivity index (χ4n) is 25.3. The molecule has 0 N–H and O–H groups in total. The van der Waals surface area contributed by atoms with Gasteiger partial charge in [-0.1, -0.05) is 110 Å². The number of ether oxygens (including phenoxy) is 10. The van der Waals surface area contributed by atoms with E-state index in [9.17, 15) is 47.9 Å². The van der Waals surface area contributed by atoms with Gasteiger partial charge in [-0.2, -0.15) is 0 Å². The van der Waals surface area contributed by atoms with Gasteiger partial charge in [0, 0.05) is 59.2 Å². The number of hydrogen-bond acceptors (Lipinski definition) is 20. The van der Waals surface area contributed by atoms with Crippen LogP contribution in [-0.2, 0) is 95.3 Å². The minimum Gasteiger partial charge on any atom is -0.465 e. The van der Waals surface area contributed by atoms with Crippen molar-refractivity contribution in [3.63, 3.8) is 0 Å². The number of carbonyl (C=O) groups is 10. The van der Waals surface area contributed by atoms with Crippen LogP contribution in [0.3, 0.4) is 0 Å². The van der Waals surface area contributed by atoms with Crippen LogP contribution in [0.15, 0.2) is 0 Å². The molecule has 16 rings (SSSR count). The largest absolute Gasteiger partial charge is 0.465 e. The minimum atomic E-state index is -0.584. The highest BCUT2D eigenvalue weighted by atomic mass is 16.6. The second kappa shape index (κ2) is 31.6. The van der Waals surface area contributed by atoms with E-state index in [1.54, 1.807) is 0 Å². The van der Waals surface area contributed by atoms with E-state index in [0.29, 0.717) is 65.8 Å². The Morgan fingerprint density at radius 1 is 0.407 bits per heavy atom. The van der Waals surface area contributed by atoms with Gasteiger partial charge < -0.3 is 47.4 Å². The molecule has 29 atom stereocenters. The molecule has 20 nitrogen and oxygen atoms in total. The first kappa shape index (κ1) is 82.2. The average Bonchev–Trinajstić information content (AvgIpc) is 1.57. The van der Waals surface area contributed by atoms with Crippen LogP contribution in [0.2, 0.25) is 0 Å². The van der Waals surface area contributed by atoms with E-state index in [-0.39, 0.29) is 185 Å². The molecule has 29 unspecified atom stereocenters. The lowest BCUT2D eigenvalue weighted by molar-refractivity contribution is -0.197. The Kier molecular flexibility index (Phi) is 24.0. The van der Waals surface area contributed by atoms with E-state index < -0.39 is 27.8 Å². The van der Waals surface area contributed by atoms with Crippen molar-refractivity contribution in [1.29, 1.82) is 0 Å². The summed E-state index contributed by atoms with van der Waals surface area (Å²) in [6, 6.07) is 0. The van der Waals surface area contributed by atoms with Gasteiger partial charge in [-0.25, -0.2) is 0 Å². The van der Waals surface area contributed by atoms with Crippen LogP contribution in [0.1, 0.15) is 273 Å². The van der Waals surface area contributed by atoms with Gasteiger partial charge in [-0.05, 0) is 204 Å². The molecule has 16 fully saturated rings. The molecule has 0 aromatic carbocycles. The summed E-state index contributed by atoms with van der Waals surface area (Å²) in [4.78, 5) is 123. The summed E-state index contributed by atoms with van der Waals surface area (Å²) in [5.41, 5.74) is -2.56. The van der Waals surface area contributed by atoms with Crippen molar-refractivity contribution < 1.29 is 95.3 Å². The van der Waals surface area contributed by atoms with Crippen LogP contribution >= 0.6 is 0 Å². The molecule has 10 bridgehead atoms. The molecule has 0 amide bonds.